The third-order valence-corrected chi connectivity index (χ3v) is 6.42. The van der Waals surface area contributed by atoms with Crippen LogP contribution in [-0.2, 0) is 17.8 Å². The lowest BCUT2D eigenvalue weighted by Gasteiger charge is -2.31. The number of piperidine rings is 1. The van der Waals surface area contributed by atoms with Crippen molar-refractivity contribution in [3.05, 3.63) is 57.9 Å². The minimum atomic E-state index is 0.0617. The van der Waals surface area contributed by atoms with Crippen LogP contribution >= 0.6 is 11.6 Å². The molecule has 1 aliphatic rings. The number of likely N-dealkylation sites (tertiary alicyclic amines) is 1. The third-order valence-electron chi connectivity index (χ3n) is 6.17. The van der Waals surface area contributed by atoms with E-state index in [2.05, 4.69) is 21.7 Å². The molecule has 2 heterocycles. The normalized spacial score (nSPS) is 15.4. The van der Waals surface area contributed by atoms with E-state index in [1.807, 2.05) is 51.1 Å². The Morgan fingerprint density at radius 3 is 2.39 bits per heavy atom. The number of rotatable bonds is 8. The van der Waals surface area contributed by atoms with E-state index in [0.29, 0.717) is 6.54 Å². The van der Waals surface area contributed by atoms with E-state index in [0.717, 1.165) is 60.9 Å². The van der Waals surface area contributed by atoms with E-state index < -0.39 is 0 Å². The van der Waals surface area contributed by atoms with E-state index in [1.165, 1.54) is 5.56 Å². The van der Waals surface area contributed by atoms with Crippen LogP contribution in [0, 0.1) is 19.8 Å². The molecule has 0 bridgehead atoms. The van der Waals surface area contributed by atoms with E-state index in [9.17, 15) is 9.59 Å². The molecular weight excluding hydrogens is 410 g/mol. The molecule has 0 atom stereocenters. The van der Waals surface area contributed by atoms with Gasteiger partial charge in [0.2, 0.25) is 5.91 Å². The van der Waals surface area contributed by atoms with Gasteiger partial charge in [0.25, 0.3) is 0 Å². The van der Waals surface area contributed by atoms with Crippen LogP contribution in [0.5, 0.6) is 0 Å². The number of nitrogens with zero attached hydrogens (tertiary/aromatic N) is 2. The molecule has 6 heteroatoms. The maximum absolute atomic E-state index is 13.0. The van der Waals surface area contributed by atoms with Crippen molar-refractivity contribution in [1.29, 1.82) is 0 Å². The Kier molecular flexibility index (Phi) is 7.95. The molecule has 3 rings (SSSR count). The second-order valence-electron chi connectivity index (χ2n) is 8.95. The molecule has 0 aliphatic carbocycles. The average molecular weight is 444 g/mol. The van der Waals surface area contributed by atoms with Gasteiger partial charge in [-0.05, 0) is 83.8 Å². The number of hydrogen-bond donors (Lipinski definition) is 1. The molecule has 1 fully saturated rings. The van der Waals surface area contributed by atoms with E-state index in [1.54, 1.807) is 0 Å². The minimum absolute atomic E-state index is 0.0617. The molecule has 1 aromatic carbocycles. The van der Waals surface area contributed by atoms with E-state index >= 15 is 0 Å². The first-order valence-corrected chi connectivity index (χ1v) is 11.6. The van der Waals surface area contributed by atoms with Crippen LogP contribution in [0.15, 0.2) is 30.3 Å². The first-order valence-electron chi connectivity index (χ1n) is 11.2. The fraction of sp³-hybridized carbons (Fsp3) is 0.520. The van der Waals surface area contributed by atoms with Crippen LogP contribution in [0.3, 0.4) is 0 Å². The van der Waals surface area contributed by atoms with Crippen LogP contribution in [0.2, 0.25) is 5.02 Å². The Hall–Kier alpha value is -2.11. The van der Waals surface area contributed by atoms with Gasteiger partial charge in [0.05, 0.1) is 6.54 Å². The molecule has 0 spiro atoms. The number of carbonyl (C=O) groups is 2. The van der Waals surface area contributed by atoms with Gasteiger partial charge in [0, 0.05) is 40.5 Å². The largest absolute Gasteiger partial charge is 0.354 e. The van der Waals surface area contributed by atoms with Gasteiger partial charge in [0.15, 0.2) is 5.78 Å². The molecule has 1 aliphatic heterocycles. The zero-order valence-electron chi connectivity index (χ0n) is 19.1. The van der Waals surface area contributed by atoms with Gasteiger partial charge in [0.1, 0.15) is 0 Å². The van der Waals surface area contributed by atoms with Crippen LogP contribution in [-0.4, -0.2) is 46.8 Å². The number of amides is 1. The maximum Gasteiger partial charge on any atom is 0.223 e. The van der Waals surface area contributed by atoms with Crippen molar-refractivity contribution in [2.45, 2.75) is 59.5 Å². The summed E-state index contributed by atoms with van der Waals surface area (Å²) < 4.78 is 2.23. The van der Waals surface area contributed by atoms with Crippen LogP contribution < -0.4 is 5.32 Å². The topological polar surface area (TPSA) is 54.3 Å². The SMILES string of the molecule is Cc1cc(C(=O)CN2CCC(C(=O)NC(C)C)CC2)c(C)n1CCc1ccc(Cl)cc1. The summed E-state index contributed by atoms with van der Waals surface area (Å²) in [5, 5.41) is 3.75. The summed E-state index contributed by atoms with van der Waals surface area (Å²) >= 11 is 5.97. The lowest BCUT2D eigenvalue weighted by Crippen LogP contribution is -2.43. The Morgan fingerprint density at radius 2 is 1.77 bits per heavy atom. The van der Waals surface area contributed by atoms with Gasteiger partial charge in [-0.2, -0.15) is 0 Å². The lowest BCUT2D eigenvalue weighted by molar-refractivity contribution is -0.126. The van der Waals surface area contributed by atoms with Crippen molar-refractivity contribution in [2.24, 2.45) is 5.92 Å². The molecule has 1 amide bonds. The molecule has 31 heavy (non-hydrogen) atoms. The smallest absolute Gasteiger partial charge is 0.223 e. The van der Waals surface area contributed by atoms with Gasteiger partial charge in [-0.3, -0.25) is 14.5 Å². The second-order valence-corrected chi connectivity index (χ2v) is 9.39. The van der Waals surface area contributed by atoms with E-state index in [-0.39, 0.29) is 23.7 Å². The Balaban J connectivity index is 1.56. The molecule has 0 radical (unpaired) electrons. The van der Waals surface area contributed by atoms with Crippen molar-refractivity contribution in [2.75, 3.05) is 19.6 Å². The van der Waals surface area contributed by atoms with E-state index in [4.69, 9.17) is 11.6 Å². The highest BCUT2D eigenvalue weighted by Gasteiger charge is 2.27. The number of carbonyl (C=O) groups excluding carboxylic acids is 2. The Bertz CT molecular complexity index is 910. The average Bonchev–Trinajstić information content (AvgIpc) is 3.01. The highest BCUT2D eigenvalue weighted by atomic mass is 35.5. The molecule has 0 saturated carbocycles. The molecule has 0 unspecified atom stereocenters. The molecule has 1 saturated heterocycles. The minimum Gasteiger partial charge on any atom is -0.354 e. The fourth-order valence-corrected chi connectivity index (χ4v) is 4.49. The summed E-state index contributed by atoms with van der Waals surface area (Å²) in [7, 11) is 0. The molecule has 1 aromatic heterocycles. The van der Waals surface area contributed by atoms with Crippen LogP contribution in [0.1, 0.15) is 54.0 Å². The van der Waals surface area contributed by atoms with Crippen molar-refractivity contribution >= 4 is 23.3 Å². The number of ketones is 1. The van der Waals surface area contributed by atoms with Crippen LogP contribution in [0.4, 0.5) is 0 Å². The quantitative estimate of drug-likeness (QED) is 0.614. The number of aryl methyl sites for hydroxylation is 2. The zero-order chi connectivity index (χ0) is 22.5. The van der Waals surface area contributed by atoms with Crippen LogP contribution in [0.25, 0.3) is 0 Å². The third kappa shape index (κ3) is 6.20. The number of Topliss-reactive ketones (excluding diaryl/α,β-unsaturated/α-hetero) is 1. The highest BCUT2D eigenvalue weighted by Crippen LogP contribution is 2.21. The highest BCUT2D eigenvalue weighted by molar-refractivity contribution is 6.30. The summed E-state index contributed by atoms with van der Waals surface area (Å²) in [6, 6.07) is 10.1. The number of nitrogens with one attached hydrogen (secondary N) is 1. The van der Waals surface area contributed by atoms with Gasteiger partial charge < -0.3 is 9.88 Å². The number of aromatic nitrogens is 1. The van der Waals surface area contributed by atoms with Gasteiger partial charge in [-0.25, -0.2) is 0 Å². The number of benzene rings is 1. The van der Waals surface area contributed by atoms with Crippen molar-refractivity contribution in [3.63, 3.8) is 0 Å². The Morgan fingerprint density at radius 1 is 1.13 bits per heavy atom. The summed E-state index contributed by atoms with van der Waals surface area (Å²) in [5.74, 6) is 0.368. The summed E-state index contributed by atoms with van der Waals surface area (Å²) in [6.45, 7) is 10.9. The summed E-state index contributed by atoms with van der Waals surface area (Å²) in [6.07, 6.45) is 2.52. The van der Waals surface area contributed by atoms with Crippen molar-refractivity contribution in [3.8, 4) is 0 Å². The van der Waals surface area contributed by atoms with Gasteiger partial charge in [-0.1, -0.05) is 23.7 Å². The first-order chi connectivity index (χ1) is 14.7. The second kappa shape index (κ2) is 10.5. The molecule has 5 nitrogen and oxygen atoms in total. The Labute approximate surface area is 190 Å². The lowest BCUT2D eigenvalue weighted by atomic mass is 9.95. The molecule has 168 valence electrons. The first kappa shape index (κ1) is 23.6. The predicted octanol–water partition coefficient (Wildman–Crippen LogP) is 4.42. The molecule has 2 aromatic rings. The van der Waals surface area contributed by atoms with Gasteiger partial charge in [-0.15, -0.1) is 0 Å². The monoisotopic (exact) mass is 443 g/mol. The molecular formula is C25H34ClN3O2. The van der Waals surface area contributed by atoms with Crippen molar-refractivity contribution < 1.29 is 9.59 Å². The van der Waals surface area contributed by atoms with Crippen molar-refractivity contribution in [1.82, 2.24) is 14.8 Å². The standard InChI is InChI=1S/C25H34ClN3O2/c1-17(2)27-25(31)21-10-12-28(13-11-21)16-24(30)23-15-18(3)29(19(23)4)14-9-20-5-7-22(26)8-6-20/h5-8,15,17,21H,9-14,16H2,1-4H3,(H,27,31). The zero-order valence-corrected chi connectivity index (χ0v) is 19.8. The predicted molar refractivity (Wildman–Crippen MR) is 126 cm³/mol. The maximum atomic E-state index is 13.0. The summed E-state index contributed by atoms with van der Waals surface area (Å²) in [5.41, 5.74) is 4.18. The fourth-order valence-electron chi connectivity index (χ4n) is 4.36. The molecule has 1 N–H and O–H groups in total. The number of hydrogen-bond acceptors (Lipinski definition) is 3. The van der Waals surface area contributed by atoms with Gasteiger partial charge >= 0.3 is 0 Å². The summed E-state index contributed by atoms with van der Waals surface area (Å²) in [4.78, 5) is 27.4. The number of halogens is 1.